The van der Waals surface area contributed by atoms with Gasteiger partial charge in [-0.15, -0.1) is 0 Å². The zero-order valence-electron chi connectivity index (χ0n) is 14.3. The second kappa shape index (κ2) is 6.29. The number of H-pyrrole nitrogens is 1. The number of aromatic amines is 1. The van der Waals surface area contributed by atoms with Crippen LogP contribution in [0.2, 0.25) is 0 Å². The smallest absolute Gasteiger partial charge is 0.330 e. The Labute approximate surface area is 159 Å². The molecule has 132 valence electrons. The highest BCUT2D eigenvalue weighted by Gasteiger charge is 2.45. The first-order valence-corrected chi connectivity index (χ1v) is 9.24. The van der Waals surface area contributed by atoms with E-state index in [1.807, 2.05) is 31.2 Å². The van der Waals surface area contributed by atoms with Crippen LogP contribution in [0.25, 0.3) is 5.69 Å². The van der Waals surface area contributed by atoms with Crippen LogP contribution in [-0.4, -0.2) is 15.5 Å². The molecule has 1 amide bonds. The van der Waals surface area contributed by atoms with E-state index in [9.17, 15) is 9.59 Å². The van der Waals surface area contributed by atoms with E-state index in [1.165, 1.54) is 0 Å². The lowest BCUT2D eigenvalue weighted by Crippen LogP contribution is -2.34. The zero-order valence-corrected chi connectivity index (χ0v) is 15.8. The van der Waals surface area contributed by atoms with E-state index in [0.717, 1.165) is 34.3 Å². The molecule has 1 fully saturated rings. The van der Waals surface area contributed by atoms with Crippen molar-refractivity contribution in [2.75, 3.05) is 0 Å². The lowest BCUT2D eigenvalue weighted by Gasteiger charge is -2.18. The summed E-state index contributed by atoms with van der Waals surface area (Å²) in [7, 11) is 0. The summed E-state index contributed by atoms with van der Waals surface area (Å²) < 4.78 is 2.60. The molecule has 1 saturated carbocycles. The lowest BCUT2D eigenvalue weighted by molar-refractivity contribution is 0.0931. The van der Waals surface area contributed by atoms with Gasteiger partial charge in [0.2, 0.25) is 0 Å². The molecule has 0 radical (unpaired) electrons. The molecule has 0 saturated heterocycles. The molecule has 1 heterocycles. The molecule has 4 rings (SSSR count). The van der Waals surface area contributed by atoms with Crippen molar-refractivity contribution in [2.24, 2.45) is 0 Å². The number of aromatic nitrogens is 2. The van der Waals surface area contributed by atoms with Gasteiger partial charge in [0.05, 0.1) is 11.2 Å². The molecular formula is C20H18BrN3O2. The Balaban J connectivity index is 1.54. The van der Waals surface area contributed by atoms with Gasteiger partial charge in [-0.05, 0) is 61.7 Å². The molecule has 3 aromatic rings. The van der Waals surface area contributed by atoms with Crippen molar-refractivity contribution in [3.8, 4) is 5.69 Å². The number of halogens is 1. The van der Waals surface area contributed by atoms with Crippen molar-refractivity contribution < 1.29 is 4.79 Å². The fraction of sp³-hybridized carbons (Fsp3) is 0.200. The van der Waals surface area contributed by atoms with E-state index < -0.39 is 0 Å². The number of benzene rings is 2. The molecule has 0 atom stereocenters. The van der Waals surface area contributed by atoms with Crippen molar-refractivity contribution >= 4 is 21.8 Å². The molecule has 6 heteroatoms. The predicted molar refractivity (Wildman–Crippen MR) is 104 cm³/mol. The summed E-state index contributed by atoms with van der Waals surface area (Å²) in [6.07, 6.45) is 3.55. The second-order valence-corrected chi connectivity index (χ2v) is 7.58. The monoisotopic (exact) mass is 411 g/mol. The SMILES string of the molecule is Cc1c[nH]c(=O)n1-c1ccc(C(=O)NC2(c3ccc(Br)cc3)CC2)cc1. The third-order valence-electron chi connectivity index (χ3n) is 4.85. The third-order valence-corrected chi connectivity index (χ3v) is 5.38. The minimum Gasteiger partial charge on any atom is -0.343 e. The van der Waals surface area contributed by atoms with Crippen LogP contribution in [0.15, 0.2) is 64.0 Å². The fourth-order valence-corrected chi connectivity index (χ4v) is 3.47. The van der Waals surface area contributed by atoms with E-state index in [-0.39, 0.29) is 17.1 Å². The van der Waals surface area contributed by atoms with Crippen molar-refractivity contribution in [1.29, 1.82) is 0 Å². The molecule has 1 aliphatic carbocycles. The van der Waals surface area contributed by atoms with Gasteiger partial charge in [-0.2, -0.15) is 0 Å². The standard InChI is InChI=1S/C20H18BrN3O2/c1-13-12-22-19(26)24(13)17-8-2-14(3-9-17)18(25)23-20(10-11-20)15-4-6-16(21)7-5-15/h2-9,12H,10-11H2,1H3,(H,22,26)(H,23,25). The van der Waals surface area contributed by atoms with Gasteiger partial charge in [-0.25, -0.2) is 4.79 Å². The van der Waals surface area contributed by atoms with Crippen LogP contribution in [0.1, 0.15) is 34.5 Å². The van der Waals surface area contributed by atoms with Gasteiger partial charge >= 0.3 is 5.69 Å². The molecule has 2 N–H and O–H groups in total. The van der Waals surface area contributed by atoms with Gasteiger partial charge < -0.3 is 10.3 Å². The molecule has 0 spiro atoms. The van der Waals surface area contributed by atoms with Crippen LogP contribution in [0, 0.1) is 6.92 Å². The third kappa shape index (κ3) is 3.01. The first-order valence-electron chi connectivity index (χ1n) is 8.45. The minimum absolute atomic E-state index is 0.102. The topological polar surface area (TPSA) is 66.9 Å². The molecule has 5 nitrogen and oxygen atoms in total. The van der Waals surface area contributed by atoms with E-state index in [2.05, 4.69) is 26.2 Å². The van der Waals surface area contributed by atoms with Crippen LogP contribution in [-0.2, 0) is 5.54 Å². The van der Waals surface area contributed by atoms with Crippen molar-refractivity contribution in [2.45, 2.75) is 25.3 Å². The largest absolute Gasteiger partial charge is 0.343 e. The maximum absolute atomic E-state index is 12.7. The number of amides is 1. The summed E-state index contributed by atoms with van der Waals surface area (Å²) in [5.41, 5.74) is 2.81. The number of imidazole rings is 1. The molecular weight excluding hydrogens is 394 g/mol. The van der Waals surface area contributed by atoms with E-state index >= 15 is 0 Å². The average molecular weight is 412 g/mol. The molecule has 26 heavy (non-hydrogen) atoms. The summed E-state index contributed by atoms with van der Waals surface area (Å²) in [6.45, 7) is 1.85. The summed E-state index contributed by atoms with van der Waals surface area (Å²) in [6, 6.07) is 15.2. The number of aryl methyl sites for hydroxylation is 1. The molecule has 2 aromatic carbocycles. The summed E-state index contributed by atoms with van der Waals surface area (Å²) in [5.74, 6) is -0.102. The first kappa shape index (κ1) is 16.8. The second-order valence-electron chi connectivity index (χ2n) is 6.66. The number of carbonyl (C=O) groups excluding carboxylic acids is 1. The van der Waals surface area contributed by atoms with Gasteiger partial charge in [0.1, 0.15) is 0 Å². The Kier molecular flexibility index (Phi) is 4.07. The molecule has 0 bridgehead atoms. The quantitative estimate of drug-likeness (QED) is 0.687. The van der Waals surface area contributed by atoms with E-state index in [1.54, 1.807) is 35.0 Å². The first-order chi connectivity index (χ1) is 12.5. The van der Waals surface area contributed by atoms with E-state index in [0.29, 0.717) is 5.56 Å². The Morgan fingerprint density at radius 2 is 1.77 bits per heavy atom. The summed E-state index contributed by atoms with van der Waals surface area (Å²) in [4.78, 5) is 27.2. The van der Waals surface area contributed by atoms with Crippen molar-refractivity contribution in [3.63, 3.8) is 0 Å². The van der Waals surface area contributed by atoms with Crippen LogP contribution < -0.4 is 11.0 Å². The van der Waals surface area contributed by atoms with Gasteiger partial charge in [-0.1, -0.05) is 28.1 Å². The van der Waals surface area contributed by atoms with Crippen LogP contribution >= 0.6 is 15.9 Å². The highest BCUT2D eigenvalue weighted by molar-refractivity contribution is 9.10. The maximum atomic E-state index is 12.7. The number of hydrogen-bond donors (Lipinski definition) is 2. The Morgan fingerprint density at radius 1 is 1.12 bits per heavy atom. The number of rotatable bonds is 4. The van der Waals surface area contributed by atoms with Crippen molar-refractivity contribution in [1.82, 2.24) is 14.9 Å². The molecule has 1 aromatic heterocycles. The lowest BCUT2D eigenvalue weighted by atomic mass is 10.0. The number of carbonyl (C=O) groups is 1. The molecule has 0 unspecified atom stereocenters. The summed E-state index contributed by atoms with van der Waals surface area (Å²) in [5, 5.41) is 3.17. The van der Waals surface area contributed by atoms with Gasteiger partial charge in [0.15, 0.2) is 0 Å². The van der Waals surface area contributed by atoms with Crippen molar-refractivity contribution in [3.05, 3.63) is 86.5 Å². The number of nitrogens with zero attached hydrogens (tertiary/aromatic N) is 1. The molecule has 0 aliphatic heterocycles. The summed E-state index contributed by atoms with van der Waals surface area (Å²) >= 11 is 3.44. The van der Waals surface area contributed by atoms with Gasteiger partial charge in [-0.3, -0.25) is 9.36 Å². The molecule has 1 aliphatic rings. The fourth-order valence-electron chi connectivity index (χ4n) is 3.21. The van der Waals surface area contributed by atoms with Crippen LogP contribution in [0.3, 0.4) is 0 Å². The average Bonchev–Trinajstić information content (AvgIpc) is 3.34. The Bertz CT molecular complexity index is 1010. The Hall–Kier alpha value is -2.60. The number of nitrogens with one attached hydrogen (secondary N) is 2. The van der Waals surface area contributed by atoms with Gasteiger partial charge in [0.25, 0.3) is 5.91 Å². The minimum atomic E-state index is -0.259. The van der Waals surface area contributed by atoms with Crippen LogP contribution in [0.4, 0.5) is 0 Å². The Morgan fingerprint density at radius 3 is 2.31 bits per heavy atom. The maximum Gasteiger partial charge on any atom is 0.330 e. The number of hydrogen-bond acceptors (Lipinski definition) is 2. The zero-order chi connectivity index (χ0) is 18.3. The van der Waals surface area contributed by atoms with E-state index in [4.69, 9.17) is 0 Å². The normalized spacial score (nSPS) is 14.8. The van der Waals surface area contributed by atoms with Gasteiger partial charge in [0, 0.05) is 21.9 Å². The predicted octanol–water partition coefficient (Wildman–Crippen LogP) is 3.66. The highest BCUT2D eigenvalue weighted by atomic mass is 79.9. The highest BCUT2D eigenvalue weighted by Crippen LogP contribution is 2.45. The van der Waals surface area contributed by atoms with Crippen LogP contribution in [0.5, 0.6) is 0 Å².